The van der Waals surface area contributed by atoms with Gasteiger partial charge >= 0.3 is 0 Å². The van der Waals surface area contributed by atoms with Gasteiger partial charge in [0.2, 0.25) is 0 Å². The molecule has 1 aromatic carbocycles. The number of carbonyl (C=O) groups is 1. The van der Waals surface area contributed by atoms with E-state index >= 15 is 0 Å². The van der Waals surface area contributed by atoms with Crippen LogP contribution >= 0.6 is 0 Å². The Morgan fingerprint density at radius 1 is 1.43 bits per heavy atom. The molecule has 0 atom stereocenters. The zero-order valence-corrected chi connectivity index (χ0v) is 13.8. The van der Waals surface area contributed by atoms with Gasteiger partial charge in [0.1, 0.15) is 17.4 Å². The highest BCUT2D eigenvalue weighted by Gasteiger charge is 2.12. The Bertz CT molecular complexity index is 591. The standard InChI is InChI=1S/C17H23N3O3/c1-4-23-9-5-8-19-12-14(11-18)17(21)20-15-10-13(2)6-7-16(15)22-3/h6-7,10,12,19H,4-5,8-9H2,1-3H3,(H,20,21)/b14-12-. The summed E-state index contributed by atoms with van der Waals surface area (Å²) in [6.45, 7) is 5.80. The average Bonchev–Trinajstić information content (AvgIpc) is 2.54. The molecule has 23 heavy (non-hydrogen) atoms. The SMILES string of the molecule is CCOCCCN/C=C(/C#N)C(=O)Nc1cc(C)ccc1OC. The summed E-state index contributed by atoms with van der Waals surface area (Å²) in [5.41, 5.74) is 1.53. The maximum atomic E-state index is 12.2. The van der Waals surface area contributed by atoms with Gasteiger partial charge in [-0.05, 0) is 38.0 Å². The van der Waals surface area contributed by atoms with Gasteiger partial charge in [0.15, 0.2) is 0 Å². The van der Waals surface area contributed by atoms with Crippen molar-refractivity contribution in [1.29, 1.82) is 5.26 Å². The predicted molar refractivity (Wildman–Crippen MR) is 89.2 cm³/mol. The lowest BCUT2D eigenvalue weighted by molar-refractivity contribution is -0.112. The second kappa shape index (κ2) is 10.2. The van der Waals surface area contributed by atoms with Crippen LogP contribution in [0.2, 0.25) is 0 Å². The van der Waals surface area contributed by atoms with Gasteiger partial charge in [-0.2, -0.15) is 5.26 Å². The summed E-state index contributed by atoms with van der Waals surface area (Å²) in [5.74, 6) is 0.0691. The lowest BCUT2D eigenvalue weighted by atomic mass is 10.2. The number of nitrogens with one attached hydrogen (secondary N) is 2. The van der Waals surface area contributed by atoms with Crippen LogP contribution in [0, 0.1) is 18.3 Å². The minimum Gasteiger partial charge on any atom is -0.495 e. The fourth-order valence-corrected chi connectivity index (χ4v) is 1.85. The third-order valence-corrected chi connectivity index (χ3v) is 3.03. The van der Waals surface area contributed by atoms with Gasteiger partial charge in [0.25, 0.3) is 5.91 Å². The summed E-state index contributed by atoms with van der Waals surface area (Å²) >= 11 is 0. The highest BCUT2D eigenvalue weighted by molar-refractivity contribution is 6.07. The van der Waals surface area contributed by atoms with Gasteiger partial charge in [0.05, 0.1) is 12.8 Å². The highest BCUT2D eigenvalue weighted by Crippen LogP contribution is 2.25. The van der Waals surface area contributed by atoms with Crippen molar-refractivity contribution in [2.24, 2.45) is 0 Å². The van der Waals surface area contributed by atoms with E-state index in [1.807, 2.05) is 26.0 Å². The van der Waals surface area contributed by atoms with Crippen LogP contribution < -0.4 is 15.4 Å². The van der Waals surface area contributed by atoms with Crippen LogP contribution in [-0.2, 0) is 9.53 Å². The van der Waals surface area contributed by atoms with Crippen molar-refractivity contribution in [3.05, 3.63) is 35.5 Å². The second-order valence-electron chi connectivity index (χ2n) is 4.83. The molecule has 1 aromatic rings. The number of amides is 1. The Hall–Kier alpha value is -2.52. The predicted octanol–water partition coefficient (Wildman–Crippen LogP) is 2.37. The van der Waals surface area contributed by atoms with Crippen molar-refractivity contribution in [2.45, 2.75) is 20.3 Å². The van der Waals surface area contributed by atoms with E-state index in [1.165, 1.54) is 13.3 Å². The van der Waals surface area contributed by atoms with Crippen molar-refractivity contribution >= 4 is 11.6 Å². The number of carbonyl (C=O) groups excluding carboxylic acids is 1. The van der Waals surface area contributed by atoms with Crippen molar-refractivity contribution in [3.8, 4) is 11.8 Å². The van der Waals surface area contributed by atoms with Gasteiger partial charge in [-0.25, -0.2) is 0 Å². The number of ether oxygens (including phenoxy) is 2. The molecule has 124 valence electrons. The topological polar surface area (TPSA) is 83.4 Å². The molecule has 0 radical (unpaired) electrons. The number of hydrogen-bond acceptors (Lipinski definition) is 5. The summed E-state index contributed by atoms with van der Waals surface area (Å²) in [6, 6.07) is 7.34. The number of aryl methyl sites for hydroxylation is 1. The first-order valence-electron chi connectivity index (χ1n) is 7.49. The number of nitriles is 1. The zero-order chi connectivity index (χ0) is 17.1. The van der Waals surface area contributed by atoms with Crippen LogP contribution in [0.5, 0.6) is 5.75 Å². The fourth-order valence-electron chi connectivity index (χ4n) is 1.85. The molecule has 6 heteroatoms. The van der Waals surface area contributed by atoms with Crippen molar-refractivity contribution < 1.29 is 14.3 Å². The number of methoxy groups -OCH3 is 1. The Kier molecular flexibility index (Phi) is 8.25. The molecule has 0 aliphatic heterocycles. The molecule has 0 spiro atoms. The largest absolute Gasteiger partial charge is 0.495 e. The number of nitrogens with zero attached hydrogens (tertiary/aromatic N) is 1. The summed E-state index contributed by atoms with van der Waals surface area (Å²) < 4.78 is 10.4. The smallest absolute Gasteiger partial charge is 0.267 e. The van der Waals surface area contributed by atoms with E-state index in [0.29, 0.717) is 31.2 Å². The van der Waals surface area contributed by atoms with E-state index in [4.69, 9.17) is 14.7 Å². The van der Waals surface area contributed by atoms with Gasteiger partial charge in [0, 0.05) is 26.0 Å². The van der Waals surface area contributed by atoms with Crippen LogP contribution in [0.1, 0.15) is 18.9 Å². The fraction of sp³-hybridized carbons (Fsp3) is 0.412. The normalized spacial score (nSPS) is 10.8. The van der Waals surface area contributed by atoms with Gasteiger partial charge < -0.3 is 20.1 Å². The van der Waals surface area contributed by atoms with Gasteiger partial charge in [-0.1, -0.05) is 6.07 Å². The van der Waals surface area contributed by atoms with E-state index in [9.17, 15) is 4.79 Å². The molecular formula is C17H23N3O3. The van der Waals surface area contributed by atoms with E-state index in [-0.39, 0.29) is 5.57 Å². The molecule has 0 heterocycles. The maximum Gasteiger partial charge on any atom is 0.267 e. The minimum absolute atomic E-state index is 0.00460. The molecule has 0 fully saturated rings. The zero-order valence-electron chi connectivity index (χ0n) is 13.8. The lowest BCUT2D eigenvalue weighted by Gasteiger charge is -2.10. The van der Waals surface area contributed by atoms with Crippen LogP contribution in [0.3, 0.4) is 0 Å². The molecule has 0 saturated carbocycles. The summed E-state index contributed by atoms with van der Waals surface area (Å²) in [5, 5.41) is 14.8. The van der Waals surface area contributed by atoms with E-state index in [2.05, 4.69) is 10.6 Å². The molecule has 1 rings (SSSR count). The van der Waals surface area contributed by atoms with Crippen LogP contribution in [0.15, 0.2) is 30.0 Å². The van der Waals surface area contributed by atoms with Crippen molar-refractivity contribution in [1.82, 2.24) is 5.32 Å². The van der Waals surface area contributed by atoms with Gasteiger partial charge in [-0.15, -0.1) is 0 Å². The first-order chi connectivity index (χ1) is 11.1. The maximum absolute atomic E-state index is 12.2. The van der Waals surface area contributed by atoms with Crippen molar-refractivity contribution in [3.63, 3.8) is 0 Å². The molecule has 0 aliphatic rings. The quantitative estimate of drug-likeness (QED) is 0.415. The first kappa shape index (κ1) is 18.5. The molecule has 0 aliphatic carbocycles. The first-order valence-corrected chi connectivity index (χ1v) is 7.49. The molecule has 0 aromatic heterocycles. The van der Waals surface area contributed by atoms with E-state index in [1.54, 1.807) is 12.1 Å². The molecular weight excluding hydrogens is 294 g/mol. The summed E-state index contributed by atoms with van der Waals surface area (Å²) in [6.07, 6.45) is 2.22. The highest BCUT2D eigenvalue weighted by atomic mass is 16.5. The third-order valence-electron chi connectivity index (χ3n) is 3.03. The molecule has 0 bridgehead atoms. The monoisotopic (exact) mass is 317 g/mol. The van der Waals surface area contributed by atoms with Crippen LogP contribution in [0.25, 0.3) is 0 Å². The Morgan fingerprint density at radius 2 is 2.22 bits per heavy atom. The third kappa shape index (κ3) is 6.41. The van der Waals surface area contributed by atoms with Crippen LogP contribution in [-0.4, -0.2) is 32.8 Å². The molecule has 0 unspecified atom stereocenters. The Labute approximate surface area is 137 Å². The Morgan fingerprint density at radius 3 is 2.87 bits per heavy atom. The average molecular weight is 317 g/mol. The number of rotatable bonds is 9. The van der Waals surface area contributed by atoms with E-state index in [0.717, 1.165) is 12.0 Å². The summed E-state index contributed by atoms with van der Waals surface area (Å²) in [4.78, 5) is 12.2. The number of benzene rings is 1. The molecule has 0 saturated heterocycles. The van der Waals surface area contributed by atoms with Crippen molar-refractivity contribution in [2.75, 3.05) is 32.2 Å². The summed E-state index contributed by atoms with van der Waals surface area (Å²) in [7, 11) is 1.53. The lowest BCUT2D eigenvalue weighted by Crippen LogP contribution is -2.18. The molecule has 6 nitrogen and oxygen atoms in total. The number of hydrogen-bond donors (Lipinski definition) is 2. The van der Waals surface area contributed by atoms with Gasteiger partial charge in [-0.3, -0.25) is 4.79 Å². The second-order valence-corrected chi connectivity index (χ2v) is 4.83. The molecule has 1 amide bonds. The minimum atomic E-state index is -0.478. The van der Waals surface area contributed by atoms with E-state index < -0.39 is 5.91 Å². The number of anilines is 1. The molecule has 2 N–H and O–H groups in total. The van der Waals surface area contributed by atoms with Crippen LogP contribution in [0.4, 0.5) is 5.69 Å². The Balaban J connectivity index is 2.64.